The van der Waals surface area contributed by atoms with E-state index in [1.54, 1.807) is 7.05 Å². The summed E-state index contributed by atoms with van der Waals surface area (Å²) in [6, 6.07) is 13.8. The third-order valence-electron chi connectivity index (χ3n) is 4.23. The highest BCUT2D eigenvalue weighted by molar-refractivity contribution is 8.00. The number of anilines is 1. The maximum absolute atomic E-state index is 12.6. The summed E-state index contributed by atoms with van der Waals surface area (Å²) in [5.74, 6) is -0.264. The van der Waals surface area contributed by atoms with Crippen molar-refractivity contribution in [3.05, 3.63) is 59.2 Å². The van der Waals surface area contributed by atoms with Crippen LogP contribution in [-0.4, -0.2) is 35.6 Å². The summed E-state index contributed by atoms with van der Waals surface area (Å²) in [6.07, 6.45) is 0. The zero-order valence-electron chi connectivity index (χ0n) is 16.0. The molecular weight excluding hydrogens is 344 g/mol. The van der Waals surface area contributed by atoms with Crippen LogP contribution in [0.5, 0.6) is 0 Å². The Kier molecular flexibility index (Phi) is 6.86. The van der Waals surface area contributed by atoms with Gasteiger partial charge in [-0.15, -0.1) is 11.8 Å². The average molecular weight is 371 g/mol. The van der Waals surface area contributed by atoms with E-state index in [1.807, 2.05) is 44.2 Å². The quantitative estimate of drug-likeness (QED) is 0.776. The van der Waals surface area contributed by atoms with Gasteiger partial charge >= 0.3 is 0 Å². The normalized spacial score (nSPS) is 11.7. The Labute approximate surface area is 160 Å². The van der Waals surface area contributed by atoms with E-state index in [4.69, 9.17) is 0 Å². The van der Waals surface area contributed by atoms with Crippen molar-refractivity contribution < 1.29 is 9.59 Å². The molecule has 0 saturated heterocycles. The van der Waals surface area contributed by atoms with Crippen molar-refractivity contribution in [2.75, 3.05) is 18.9 Å². The first-order valence-corrected chi connectivity index (χ1v) is 9.49. The minimum atomic E-state index is -0.255. The summed E-state index contributed by atoms with van der Waals surface area (Å²) in [5, 5.41) is 2.56. The summed E-state index contributed by atoms with van der Waals surface area (Å²) >= 11 is 1.51. The number of nitrogens with one attached hydrogen (secondary N) is 1. The smallest absolute Gasteiger partial charge is 0.243 e. The number of benzene rings is 2. The van der Waals surface area contributed by atoms with Gasteiger partial charge < -0.3 is 10.2 Å². The van der Waals surface area contributed by atoms with Gasteiger partial charge in [-0.2, -0.15) is 0 Å². The highest BCUT2D eigenvalue weighted by atomic mass is 32.2. The first-order valence-electron chi connectivity index (χ1n) is 8.61. The molecule has 1 atom stereocenters. The van der Waals surface area contributed by atoms with Gasteiger partial charge in [-0.1, -0.05) is 23.8 Å². The number of amides is 2. The lowest BCUT2D eigenvalue weighted by Gasteiger charge is -2.21. The number of carbonyl (C=O) groups excluding carboxylic acids is 2. The van der Waals surface area contributed by atoms with Gasteiger partial charge in [0.1, 0.15) is 0 Å². The highest BCUT2D eigenvalue weighted by Crippen LogP contribution is 2.26. The van der Waals surface area contributed by atoms with Crippen LogP contribution in [0.15, 0.2) is 47.4 Å². The topological polar surface area (TPSA) is 49.4 Å². The number of hydrogen-bond acceptors (Lipinski definition) is 3. The van der Waals surface area contributed by atoms with Crippen LogP contribution in [0.25, 0.3) is 0 Å². The molecule has 2 aromatic carbocycles. The van der Waals surface area contributed by atoms with Gasteiger partial charge in [-0.3, -0.25) is 9.59 Å². The molecule has 0 radical (unpaired) electrons. The van der Waals surface area contributed by atoms with Gasteiger partial charge in [0.2, 0.25) is 11.8 Å². The van der Waals surface area contributed by atoms with Crippen LogP contribution in [0.1, 0.15) is 23.6 Å². The van der Waals surface area contributed by atoms with E-state index in [2.05, 4.69) is 31.3 Å². The van der Waals surface area contributed by atoms with E-state index in [9.17, 15) is 9.59 Å². The molecule has 0 aliphatic rings. The molecular formula is C21H26N2O2S. The van der Waals surface area contributed by atoms with Crippen LogP contribution >= 0.6 is 11.8 Å². The monoisotopic (exact) mass is 370 g/mol. The molecule has 0 saturated carbocycles. The lowest BCUT2D eigenvalue weighted by atomic mass is 10.1. The van der Waals surface area contributed by atoms with Crippen molar-refractivity contribution in [2.24, 2.45) is 0 Å². The van der Waals surface area contributed by atoms with E-state index in [0.717, 1.165) is 16.1 Å². The first-order chi connectivity index (χ1) is 12.3. The summed E-state index contributed by atoms with van der Waals surface area (Å²) in [6.45, 7) is 8.03. The molecule has 0 fully saturated rings. The number of carbonyl (C=O) groups is 2. The zero-order valence-corrected chi connectivity index (χ0v) is 16.8. The predicted octanol–water partition coefficient (Wildman–Crippen LogP) is 4.19. The fourth-order valence-corrected chi connectivity index (χ4v) is 3.56. The van der Waals surface area contributed by atoms with E-state index < -0.39 is 0 Å². The second-order valence-corrected chi connectivity index (χ2v) is 8.03. The second-order valence-electron chi connectivity index (χ2n) is 6.61. The SMILES string of the molecule is Cc1ccc(NC(=O)CN(C)C(=O)[C@H](C)Sc2ccc(C)c(C)c2)cc1. The maximum atomic E-state index is 12.6. The zero-order chi connectivity index (χ0) is 19.3. The number of thioether (sulfide) groups is 1. The van der Waals surface area contributed by atoms with E-state index >= 15 is 0 Å². The van der Waals surface area contributed by atoms with Crippen molar-refractivity contribution >= 4 is 29.3 Å². The molecule has 2 rings (SSSR count). The predicted molar refractivity (Wildman–Crippen MR) is 109 cm³/mol. The molecule has 0 bridgehead atoms. The molecule has 2 aromatic rings. The van der Waals surface area contributed by atoms with E-state index in [-0.39, 0.29) is 23.6 Å². The standard InChI is InChI=1S/C21H26N2O2S/c1-14-6-9-18(10-7-14)22-20(24)13-23(5)21(25)17(4)26-19-11-8-15(2)16(3)12-19/h6-12,17H,13H2,1-5H3,(H,22,24)/t17-/m0/s1. The Morgan fingerprint density at radius 1 is 1.04 bits per heavy atom. The summed E-state index contributed by atoms with van der Waals surface area (Å²) in [5.41, 5.74) is 4.31. The third kappa shape index (κ3) is 5.63. The molecule has 0 spiro atoms. The van der Waals surface area contributed by atoms with Gasteiger partial charge in [-0.05, 0) is 63.1 Å². The van der Waals surface area contributed by atoms with Crippen molar-refractivity contribution in [3.63, 3.8) is 0 Å². The number of aryl methyl sites for hydroxylation is 3. The lowest BCUT2D eigenvalue weighted by Crippen LogP contribution is -2.38. The molecule has 1 N–H and O–H groups in total. The minimum absolute atomic E-state index is 0.0323. The molecule has 0 aliphatic heterocycles. The minimum Gasteiger partial charge on any atom is -0.335 e. The summed E-state index contributed by atoms with van der Waals surface area (Å²) in [7, 11) is 1.66. The molecule has 0 unspecified atom stereocenters. The molecule has 0 heterocycles. The average Bonchev–Trinajstić information content (AvgIpc) is 2.59. The third-order valence-corrected chi connectivity index (χ3v) is 5.31. The summed E-state index contributed by atoms with van der Waals surface area (Å²) in [4.78, 5) is 27.3. The number of hydrogen-bond donors (Lipinski definition) is 1. The Hall–Kier alpha value is -2.27. The molecule has 4 nitrogen and oxygen atoms in total. The van der Waals surface area contributed by atoms with Crippen LogP contribution in [0.2, 0.25) is 0 Å². The highest BCUT2D eigenvalue weighted by Gasteiger charge is 2.20. The molecule has 5 heteroatoms. The van der Waals surface area contributed by atoms with Crippen LogP contribution in [0, 0.1) is 20.8 Å². The Morgan fingerprint density at radius 3 is 2.31 bits per heavy atom. The maximum Gasteiger partial charge on any atom is 0.243 e. The fourth-order valence-electron chi connectivity index (χ4n) is 2.48. The molecule has 26 heavy (non-hydrogen) atoms. The van der Waals surface area contributed by atoms with Crippen molar-refractivity contribution in [2.45, 2.75) is 37.8 Å². The molecule has 2 amide bonds. The Balaban J connectivity index is 1.89. The van der Waals surface area contributed by atoms with Crippen LogP contribution in [-0.2, 0) is 9.59 Å². The Morgan fingerprint density at radius 2 is 1.69 bits per heavy atom. The number of likely N-dealkylation sites (N-methyl/N-ethyl adjacent to an activating group) is 1. The van der Waals surface area contributed by atoms with Crippen molar-refractivity contribution in [1.29, 1.82) is 0 Å². The van der Waals surface area contributed by atoms with Gasteiger partial charge in [0.25, 0.3) is 0 Å². The largest absolute Gasteiger partial charge is 0.335 e. The van der Waals surface area contributed by atoms with Crippen LogP contribution < -0.4 is 5.32 Å². The summed E-state index contributed by atoms with van der Waals surface area (Å²) < 4.78 is 0. The fraction of sp³-hybridized carbons (Fsp3) is 0.333. The second kappa shape index (κ2) is 8.90. The number of rotatable bonds is 6. The van der Waals surface area contributed by atoms with Crippen molar-refractivity contribution in [1.82, 2.24) is 4.90 Å². The molecule has 0 aromatic heterocycles. The van der Waals surface area contributed by atoms with Crippen molar-refractivity contribution in [3.8, 4) is 0 Å². The van der Waals surface area contributed by atoms with Gasteiger partial charge in [0.05, 0.1) is 11.8 Å². The van der Waals surface area contributed by atoms with Crippen LogP contribution in [0.4, 0.5) is 5.69 Å². The van der Waals surface area contributed by atoms with E-state index in [0.29, 0.717) is 0 Å². The first kappa shape index (κ1) is 20.0. The molecule has 0 aliphatic carbocycles. The Bertz CT molecular complexity index is 787. The molecule has 138 valence electrons. The van der Waals surface area contributed by atoms with Crippen LogP contribution in [0.3, 0.4) is 0 Å². The van der Waals surface area contributed by atoms with Gasteiger partial charge in [0, 0.05) is 17.6 Å². The van der Waals surface area contributed by atoms with Gasteiger partial charge in [0.15, 0.2) is 0 Å². The lowest BCUT2D eigenvalue weighted by molar-refractivity contribution is -0.132. The van der Waals surface area contributed by atoms with Gasteiger partial charge in [-0.25, -0.2) is 0 Å². The number of nitrogens with zero attached hydrogens (tertiary/aromatic N) is 1. The van der Waals surface area contributed by atoms with E-state index in [1.165, 1.54) is 27.8 Å².